The number of rotatable bonds is 13. The highest BCUT2D eigenvalue weighted by Gasteiger charge is 2.33. The van der Waals surface area contributed by atoms with Gasteiger partial charge in [-0.2, -0.15) is 0 Å². The maximum atomic E-state index is 6.39. The summed E-state index contributed by atoms with van der Waals surface area (Å²) in [4.78, 5) is 4.39. The SMILES string of the molecule is Brc1ccc(-c2ccccc2)c2ccccc12.Brc1ccc2c(c1)oc1ccccc12.CI.Nc1cccc2c1sc1ccccc12.[B][B]B(B([B])[B])B(B([B])[B])B([B])[B].c1ccc(-c2ccc(N(c3ccc4c(c3)oc3ccccc34)c3cccc4c3sc3ccccc34)c3ccccc23)cc1.c1ccc(-c2ccc(Nc3cccc4c3sc3ccccc34)c3ccccc23)cc1. The first kappa shape index (κ1) is 91.6. The maximum absolute atomic E-state index is 6.39. The van der Waals surface area contributed by atoms with E-state index in [9.17, 15) is 0 Å². The van der Waals surface area contributed by atoms with E-state index >= 15 is 0 Å². The third-order valence-electron chi connectivity index (χ3n) is 23.9. The van der Waals surface area contributed by atoms with E-state index < -0.39 is 25.5 Å². The van der Waals surface area contributed by atoms with Crippen LogP contribution in [0.15, 0.2) is 430 Å². The van der Waals surface area contributed by atoms with Gasteiger partial charge in [-0.15, -0.1) is 34.0 Å². The van der Waals surface area contributed by atoms with Crippen LogP contribution in [-0.2, 0) is 0 Å². The van der Waals surface area contributed by atoms with Crippen LogP contribution >= 0.6 is 88.5 Å². The number of nitrogens with two attached hydrogens (primary N) is 1. The number of furan rings is 2. The quantitative estimate of drug-likeness (QED) is 0.0521. The molecule has 0 aliphatic heterocycles. The molecule has 0 atom stereocenters. The standard InChI is InChI=1S/C40H25NOS.C28H19NS.C16H11Br.C12H7BrO.C12H9NS.CH3I.B13/c1-2-11-26(12-3-1)28-23-24-35(30-14-5-4-13-29(28)30)41(27-21-22-32-31-15-6-8-19-37(31)42-38(32)25-27)36-18-10-17-34-33-16-7-9-20-39(33)43-40(34)36;1-2-9-19(10-3-1)20-17-18-25(22-12-5-4-11-21(20)22)29-26-15-8-14-24-23-13-6-7-16-27(23)30-28(24)26;17-16-11-10-13(12-6-2-1-3-7-12)14-8-4-5-9-15(14)16;13-8-5-6-10-9-3-1-2-4-11(9)14-12(10)7-8;13-10-6-3-5-9-8-4-1-2-7-11(8)14-12(9)10;1-2;1-8-12(9(2)3)13(10(4)5)11(6)7/h1-25H;1-18,29H;1-11H;1-7H;1-7H,13H2;1H3;. The summed E-state index contributed by atoms with van der Waals surface area (Å²) in [5.74, 6) is 0. The number of nitrogens with zero attached hydrogens (tertiary/aromatic N) is 1. The fourth-order valence-corrected chi connectivity index (χ4v) is 22.0. The molecule has 0 amide bonds. The summed E-state index contributed by atoms with van der Waals surface area (Å²) in [5.41, 5.74) is 23.6. The molecule has 0 aliphatic carbocycles. The van der Waals surface area contributed by atoms with Gasteiger partial charge in [0.05, 0.1) is 31.2 Å². The van der Waals surface area contributed by atoms with E-state index in [1.54, 1.807) is 11.3 Å². The minimum absolute atomic E-state index is 0.389. The molecule has 5 heterocycles. The van der Waals surface area contributed by atoms with E-state index in [-0.39, 0.29) is 6.39 Å². The molecule has 24 rings (SSSR count). The molecule has 0 saturated heterocycles. The lowest BCUT2D eigenvalue weighted by Crippen LogP contribution is -2.69. The number of hydrogen-bond donors (Lipinski definition) is 2. The average molecular weight is 1980 g/mol. The van der Waals surface area contributed by atoms with Crippen LogP contribution in [0.25, 0.3) is 170 Å². The van der Waals surface area contributed by atoms with Crippen molar-refractivity contribution in [1.82, 2.24) is 0 Å². The Kier molecular flexibility index (Phi) is 29.0. The molecule has 0 bridgehead atoms. The second kappa shape index (κ2) is 42.2. The predicted octanol–water partition coefficient (Wildman–Crippen LogP) is 30.2. The number of fused-ring (bicyclic) bond motifs is 18. The summed E-state index contributed by atoms with van der Waals surface area (Å²) in [6.45, 7) is 0. The first-order valence-corrected chi connectivity index (χ1v) is 49.7. The summed E-state index contributed by atoms with van der Waals surface area (Å²) in [7, 11) is 39.5. The molecule has 0 spiro atoms. The van der Waals surface area contributed by atoms with Crippen molar-refractivity contribution in [3.05, 3.63) is 421 Å². The van der Waals surface area contributed by atoms with Gasteiger partial charge in [-0.25, -0.2) is 0 Å². The summed E-state index contributed by atoms with van der Waals surface area (Å²) in [6.07, 6.45) is -2.87. The number of thiophene rings is 3. The van der Waals surface area contributed by atoms with Crippen molar-refractivity contribution < 1.29 is 8.83 Å². The van der Waals surface area contributed by atoms with Crippen molar-refractivity contribution in [2.75, 3.05) is 20.9 Å². The molecule has 15 radical (unpaired) electrons. The molecule has 133 heavy (non-hydrogen) atoms. The summed E-state index contributed by atoms with van der Waals surface area (Å²) in [5, 5.41) is 23.6. The zero-order chi connectivity index (χ0) is 91.6. The van der Waals surface area contributed by atoms with Gasteiger partial charge in [0.15, 0.2) is 0 Å². The molecule has 0 unspecified atom stereocenters. The third kappa shape index (κ3) is 19.5. The number of halogens is 3. The van der Waals surface area contributed by atoms with E-state index in [4.69, 9.17) is 68.7 Å². The molecule has 5 aromatic heterocycles. The molecule has 19 aromatic carbocycles. The Bertz CT molecular complexity index is 8250. The average Bonchev–Trinajstić information content (AvgIpc) is 1.69. The van der Waals surface area contributed by atoms with Crippen LogP contribution in [0, 0.1) is 0 Å². The van der Waals surface area contributed by atoms with Crippen LogP contribution in [0.3, 0.4) is 0 Å². The largest absolute Gasteiger partial charge is 0.456 e. The molecule has 0 fully saturated rings. The monoisotopic (exact) mass is 1980 g/mol. The molecule has 0 aliphatic rings. The fraction of sp³-hybridized carbons (Fsp3) is 0.00917. The smallest absolute Gasteiger partial charge is 0.137 e. The number of alkyl halides is 1. The van der Waals surface area contributed by atoms with Crippen LogP contribution in [0.5, 0.6) is 0 Å². The number of para-hydroxylation sites is 2. The Morgan fingerprint density at radius 3 is 1.21 bits per heavy atom. The van der Waals surface area contributed by atoms with E-state index in [0.717, 1.165) is 76.2 Å². The topological polar surface area (TPSA) is 67.6 Å². The highest BCUT2D eigenvalue weighted by Crippen LogP contribution is 2.50. The fourth-order valence-electron chi connectivity index (χ4n) is 17.7. The van der Waals surface area contributed by atoms with Gasteiger partial charge in [0.1, 0.15) is 22.3 Å². The number of anilines is 6. The Labute approximate surface area is 828 Å². The molecular weight excluding hydrogens is 1910 g/mol. The number of nitrogen functional groups attached to an aromatic ring is 1. The molecule has 24 heteroatoms. The first-order chi connectivity index (χ1) is 65.2. The number of nitrogens with one attached hydrogen (secondary N) is 1. The van der Waals surface area contributed by atoms with Crippen molar-refractivity contribution >= 4 is 352 Å². The van der Waals surface area contributed by atoms with Crippen LogP contribution in [0.4, 0.5) is 34.1 Å². The van der Waals surface area contributed by atoms with Gasteiger partial charge in [-0.05, 0) is 157 Å². The van der Waals surface area contributed by atoms with Gasteiger partial charge in [0, 0.05) is 204 Å². The van der Waals surface area contributed by atoms with Gasteiger partial charge in [-0.1, -0.05) is 364 Å². The first-order valence-electron chi connectivity index (χ1n) is 43.5. The molecule has 5 nitrogen and oxygen atoms in total. The van der Waals surface area contributed by atoms with E-state index in [1.165, 1.54) is 144 Å². The van der Waals surface area contributed by atoms with Crippen molar-refractivity contribution in [3.8, 4) is 33.4 Å². The van der Waals surface area contributed by atoms with Gasteiger partial charge in [0.25, 0.3) is 0 Å². The Hall–Kier alpha value is -11.8. The molecule has 24 aromatic rings. The molecule has 0 saturated carbocycles. The Morgan fingerprint density at radius 1 is 0.308 bits per heavy atom. The zero-order valence-corrected chi connectivity index (χ0v) is 80.2. The van der Waals surface area contributed by atoms with E-state index in [0.29, 0.717) is 0 Å². The van der Waals surface area contributed by atoms with Gasteiger partial charge in [0.2, 0.25) is 0 Å². The zero-order valence-electron chi connectivity index (χ0n) is 72.5. The van der Waals surface area contributed by atoms with Crippen molar-refractivity contribution in [1.29, 1.82) is 0 Å². The lowest BCUT2D eigenvalue weighted by Gasteiger charge is -2.31. The van der Waals surface area contributed by atoms with Crippen LogP contribution < -0.4 is 16.0 Å². The number of benzene rings is 19. The maximum Gasteiger partial charge on any atom is 0.137 e. The Morgan fingerprint density at radius 2 is 0.692 bits per heavy atom. The van der Waals surface area contributed by atoms with Crippen LogP contribution in [0.1, 0.15) is 0 Å². The van der Waals surface area contributed by atoms with Gasteiger partial charge < -0.3 is 24.8 Å². The minimum atomic E-state index is -0.695. The highest BCUT2D eigenvalue weighted by atomic mass is 127. The molecule has 615 valence electrons. The van der Waals surface area contributed by atoms with Crippen LogP contribution in [0.2, 0.25) is 0 Å². The van der Waals surface area contributed by atoms with Gasteiger partial charge >= 0.3 is 0 Å². The summed E-state index contributed by atoms with van der Waals surface area (Å²) in [6, 6.07) is 145. The predicted molar refractivity (Wildman–Crippen MR) is 613 cm³/mol. The molecular formula is C109H74B13Br2IN3O2S3. The second-order valence-corrected chi connectivity index (χ2v) is 37.0. The Balaban J connectivity index is 0.000000114. The summed E-state index contributed by atoms with van der Waals surface area (Å²) >= 11 is 14.7. The van der Waals surface area contributed by atoms with E-state index in [2.05, 4.69) is 417 Å². The third-order valence-corrected chi connectivity index (χ3v) is 28.7. The second-order valence-electron chi connectivity index (χ2n) is 32.0. The normalized spacial score (nSPS) is 10.9. The summed E-state index contributed by atoms with van der Waals surface area (Å²) < 4.78 is 22.0. The van der Waals surface area contributed by atoms with Crippen molar-refractivity contribution in [2.45, 2.75) is 0 Å². The lowest BCUT2D eigenvalue weighted by atomic mass is 8.50. The van der Waals surface area contributed by atoms with Crippen LogP contribution in [-0.4, -0.2) is 98.1 Å². The van der Waals surface area contributed by atoms with Gasteiger partial charge in [-0.3, -0.25) is 0 Å². The van der Waals surface area contributed by atoms with Crippen molar-refractivity contribution in [3.63, 3.8) is 0 Å². The van der Waals surface area contributed by atoms with Crippen molar-refractivity contribution in [2.24, 2.45) is 0 Å². The lowest BCUT2D eigenvalue weighted by molar-refractivity contribution is 0.668. The molecule has 3 N–H and O–H groups in total. The minimum Gasteiger partial charge on any atom is -0.456 e. The number of hydrogen-bond acceptors (Lipinski definition) is 8. The van der Waals surface area contributed by atoms with E-state index in [1.807, 2.05) is 88.3 Å². The highest BCUT2D eigenvalue weighted by molar-refractivity contribution is 14.1.